The second-order valence-electron chi connectivity index (χ2n) is 7.01. The van der Waals surface area contributed by atoms with Crippen LogP contribution in [0.25, 0.3) is 0 Å². The highest BCUT2D eigenvalue weighted by Gasteiger charge is 2.35. The molecule has 0 saturated heterocycles. The molecule has 4 rings (SSSR count). The van der Waals surface area contributed by atoms with Crippen LogP contribution in [-0.2, 0) is 17.8 Å². The number of nitrogens with zero attached hydrogens (tertiary/aromatic N) is 4. The van der Waals surface area contributed by atoms with Gasteiger partial charge in [-0.05, 0) is 17.7 Å². The maximum atomic E-state index is 13.3. The summed E-state index contributed by atoms with van der Waals surface area (Å²) >= 11 is 5.94. The van der Waals surface area contributed by atoms with E-state index >= 15 is 0 Å². The van der Waals surface area contributed by atoms with E-state index in [1.807, 2.05) is 36.1 Å². The van der Waals surface area contributed by atoms with Crippen LogP contribution in [0.2, 0.25) is 5.02 Å². The zero-order chi connectivity index (χ0) is 19.7. The Hall–Kier alpha value is -2.80. The first kappa shape index (κ1) is 18.6. The summed E-state index contributed by atoms with van der Waals surface area (Å²) in [6.07, 6.45) is 5.77. The second-order valence-corrected chi connectivity index (χ2v) is 7.44. The molecule has 0 aliphatic carbocycles. The minimum atomic E-state index is -0.239. The summed E-state index contributed by atoms with van der Waals surface area (Å²) < 4.78 is 6.97. The lowest BCUT2D eigenvalue weighted by molar-refractivity contribution is -0.137. The van der Waals surface area contributed by atoms with Gasteiger partial charge < -0.3 is 14.6 Å². The van der Waals surface area contributed by atoms with Gasteiger partial charge in [0.1, 0.15) is 11.8 Å². The molecule has 2 atom stereocenters. The van der Waals surface area contributed by atoms with E-state index in [1.165, 1.54) is 0 Å². The molecule has 3 aromatic rings. The zero-order valence-electron chi connectivity index (χ0n) is 15.8. The molecule has 7 nitrogen and oxygen atoms in total. The molecule has 146 valence electrons. The van der Waals surface area contributed by atoms with Crippen molar-refractivity contribution in [3.05, 3.63) is 65.0 Å². The Balaban J connectivity index is 1.62. The molecule has 1 amide bonds. The van der Waals surface area contributed by atoms with Crippen molar-refractivity contribution in [1.29, 1.82) is 0 Å². The van der Waals surface area contributed by atoms with Crippen molar-refractivity contribution in [1.82, 2.24) is 24.6 Å². The number of aromatic amines is 1. The van der Waals surface area contributed by atoms with Gasteiger partial charge in [0, 0.05) is 24.9 Å². The number of halogens is 1. The molecule has 2 aromatic heterocycles. The van der Waals surface area contributed by atoms with E-state index in [2.05, 4.69) is 15.1 Å². The van der Waals surface area contributed by atoms with Crippen molar-refractivity contribution in [2.45, 2.75) is 25.9 Å². The van der Waals surface area contributed by atoms with Crippen molar-refractivity contribution in [3.8, 4) is 5.75 Å². The summed E-state index contributed by atoms with van der Waals surface area (Å²) in [4.78, 5) is 23.0. The molecule has 1 aliphatic heterocycles. The van der Waals surface area contributed by atoms with Crippen LogP contribution in [0.4, 0.5) is 0 Å². The Morgan fingerprint density at radius 3 is 2.86 bits per heavy atom. The third-order valence-electron chi connectivity index (χ3n) is 5.12. The molecular formula is C20H22ClN5O2. The fourth-order valence-electron chi connectivity index (χ4n) is 3.72. The Labute approximate surface area is 168 Å². The topological polar surface area (TPSA) is 76.0 Å². The first-order chi connectivity index (χ1) is 13.6. The number of fused-ring (bicyclic) bond motifs is 1. The first-order valence-corrected chi connectivity index (χ1v) is 9.59. The molecule has 1 N–H and O–H groups in total. The number of H-pyrrole nitrogens is 1. The van der Waals surface area contributed by atoms with Gasteiger partial charge in [-0.3, -0.25) is 9.48 Å². The van der Waals surface area contributed by atoms with E-state index in [1.54, 1.807) is 30.5 Å². The summed E-state index contributed by atoms with van der Waals surface area (Å²) in [5, 5.41) is 4.75. The second kappa shape index (κ2) is 7.67. The number of amides is 1. The molecule has 0 unspecified atom stereocenters. The average Bonchev–Trinajstić information content (AvgIpc) is 3.35. The van der Waals surface area contributed by atoms with Gasteiger partial charge in [-0.15, -0.1) is 0 Å². The zero-order valence-corrected chi connectivity index (χ0v) is 16.6. The highest BCUT2D eigenvalue weighted by molar-refractivity contribution is 6.30. The van der Waals surface area contributed by atoms with E-state index in [4.69, 9.17) is 16.3 Å². The molecule has 0 bridgehead atoms. The van der Waals surface area contributed by atoms with Crippen LogP contribution in [0.3, 0.4) is 0 Å². The molecular weight excluding hydrogens is 378 g/mol. The molecule has 0 saturated carbocycles. The fraction of sp³-hybridized carbons (Fsp3) is 0.350. The number of carbonyl (C=O) groups excluding carboxylic acids is 1. The Kier molecular flexibility index (Phi) is 5.09. The van der Waals surface area contributed by atoms with Crippen LogP contribution in [0.15, 0.2) is 43.0 Å². The number of hydrogen-bond donors (Lipinski definition) is 1. The van der Waals surface area contributed by atoms with Crippen LogP contribution in [-0.4, -0.2) is 44.2 Å². The van der Waals surface area contributed by atoms with Gasteiger partial charge in [0.05, 0.1) is 42.8 Å². The summed E-state index contributed by atoms with van der Waals surface area (Å²) in [5.41, 5.74) is 2.99. The van der Waals surface area contributed by atoms with Crippen molar-refractivity contribution in [2.75, 3.05) is 13.7 Å². The Morgan fingerprint density at radius 1 is 1.39 bits per heavy atom. The third kappa shape index (κ3) is 3.49. The van der Waals surface area contributed by atoms with Gasteiger partial charge in [-0.25, -0.2) is 4.98 Å². The predicted octanol–water partition coefficient (Wildman–Crippen LogP) is 3.08. The van der Waals surface area contributed by atoms with E-state index in [0.29, 0.717) is 18.1 Å². The average molecular weight is 400 g/mol. The minimum Gasteiger partial charge on any atom is -0.497 e. The van der Waals surface area contributed by atoms with Gasteiger partial charge in [-0.2, -0.15) is 5.10 Å². The fourth-order valence-corrected chi connectivity index (χ4v) is 3.87. The maximum Gasteiger partial charge on any atom is 0.228 e. The molecule has 0 spiro atoms. The molecule has 8 heteroatoms. The van der Waals surface area contributed by atoms with Crippen molar-refractivity contribution < 1.29 is 9.53 Å². The lowest BCUT2D eigenvalue weighted by Gasteiger charge is -2.37. The van der Waals surface area contributed by atoms with Gasteiger partial charge >= 0.3 is 0 Å². The SMILES string of the molecule is COc1ccc([C@@H]2c3nc[nH]c3CCN2C(=O)[C@H](C)Cn2cc(Cl)cn2)cc1. The third-order valence-corrected chi connectivity index (χ3v) is 5.32. The largest absolute Gasteiger partial charge is 0.497 e. The molecule has 0 fully saturated rings. The molecule has 3 heterocycles. The number of carbonyl (C=O) groups is 1. The summed E-state index contributed by atoms with van der Waals surface area (Å²) in [7, 11) is 1.64. The van der Waals surface area contributed by atoms with Crippen molar-refractivity contribution in [2.24, 2.45) is 5.92 Å². The lowest BCUT2D eigenvalue weighted by atomic mass is 9.94. The van der Waals surface area contributed by atoms with E-state index in [-0.39, 0.29) is 17.9 Å². The maximum absolute atomic E-state index is 13.3. The van der Waals surface area contributed by atoms with Crippen molar-refractivity contribution in [3.63, 3.8) is 0 Å². The van der Waals surface area contributed by atoms with Gasteiger partial charge in [0.2, 0.25) is 5.91 Å². The number of nitrogens with one attached hydrogen (secondary N) is 1. The highest BCUT2D eigenvalue weighted by Crippen LogP contribution is 2.35. The Bertz CT molecular complexity index is 965. The number of benzene rings is 1. The standard InChI is InChI=1S/C20H22ClN5O2/c1-13(10-25-11-15(21)9-24-25)20(27)26-8-7-17-18(23-12-22-17)19(26)14-3-5-16(28-2)6-4-14/h3-6,9,11-13,19H,7-8,10H2,1-2H3,(H,22,23)/t13-,19-/m1/s1. The van der Waals surface area contributed by atoms with Crippen LogP contribution in [0.1, 0.15) is 29.9 Å². The van der Waals surface area contributed by atoms with E-state index < -0.39 is 0 Å². The van der Waals surface area contributed by atoms with Crippen LogP contribution >= 0.6 is 11.6 Å². The number of ether oxygens (including phenoxy) is 1. The van der Waals surface area contributed by atoms with Crippen molar-refractivity contribution >= 4 is 17.5 Å². The molecule has 0 radical (unpaired) electrons. The van der Waals surface area contributed by atoms with Gasteiger partial charge in [-0.1, -0.05) is 30.7 Å². The minimum absolute atomic E-state index is 0.0705. The quantitative estimate of drug-likeness (QED) is 0.715. The first-order valence-electron chi connectivity index (χ1n) is 9.21. The predicted molar refractivity (Wildman–Crippen MR) is 105 cm³/mol. The number of methoxy groups -OCH3 is 1. The van der Waals surface area contributed by atoms with E-state index in [9.17, 15) is 4.79 Å². The number of hydrogen-bond acceptors (Lipinski definition) is 4. The number of rotatable bonds is 5. The normalized spacial score (nSPS) is 17.2. The van der Waals surface area contributed by atoms with Crippen LogP contribution in [0.5, 0.6) is 5.75 Å². The van der Waals surface area contributed by atoms with Crippen LogP contribution < -0.4 is 4.74 Å². The van der Waals surface area contributed by atoms with Gasteiger partial charge in [0.25, 0.3) is 0 Å². The lowest BCUT2D eigenvalue weighted by Crippen LogP contribution is -2.44. The van der Waals surface area contributed by atoms with Crippen LogP contribution in [0, 0.1) is 5.92 Å². The summed E-state index contributed by atoms with van der Waals surface area (Å²) in [6, 6.07) is 7.58. The van der Waals surface area contributed by atoms with E-state index in [0.717, 1.165) is 29.1 Å². The number of imidazole rings is 1. The molecule has 1 aromatic carbocycles. The molecule has 1 aliphatic rings. The number of aromatic nitrogens is 4. The Morgan fingerprint density at radius 2 is 2.18 bits per heavy atom. The smallest absolute Gasteiger partial charge is 0.228 e. The monoisotopic (exact) mass is 399 g/mol. The summed E-state index contributed by atoms with van der Waals surface area (Å²) in [5.74, 6) is 0.613. The molecule has 28 heavy (non-hydrogen) atoms. The van der Waals surface area contributed by atoms with Gasteiger partial charge in [0.15, 0.2) is 0 Å². The highest BCUT2D eigenvalue weighted by atomic mass is 35.5. The summed E-state index contributed by atoms with van der Waals surface area (Å²) in [6.45, 7) is 3.03.